The zero-order chi connectivity index (χ0) is 18.4. The molecule has 5 heteroatoms. The third-order valence-electron chi connectivity index (χ3n) is 3.82. The van der Waals surface area contributed by atoms with Crippen molar-refractivity contribution < 1.29 is 14.0 Å². The summed E-state index contributed by atoms with van der Waals surface area (Å²) in [7, 11) is 0. The Balaban J connectivity index is 1.72. The zero-order valence-electron chi connectivity index (χ0n) is 13.9. The Kier molecular flexibility index (Phi) is 5.39. The molecular weight excluding hydrogens is 331 g/mol. The molecule has 130 valence electrons. The molecule has 0 unspecified atom stereocenters. The van der Waals surface area contributed by atoms with Crippen LogP contribution in [0.4, 0.5) is 10.1 Å². The number of nitrogens with one attached hydrogen (secondary N) is 2. The van der Waals surface area contributed by atoms with Gasteiger partial charge in [0.15, 0.2) is 0 Å². The van der Waals surface area contributed by atoms with Gasteiger partial charge in [-0.2, -0.15) is 0 Å². The first-order chi connectivity index (χ1) is 12.6. The summed E-state index contributed by atoms with van der Waals surface area (Å²) < 4.78 is 13.0. The molecule has 3 aromatic carbocycles. The van der Waals surface area contributed by atoms with Crippen LogP contribution in [0.15, 0.2) is 78.9 Å². The number of para-hydroxylation sites is 1. The largest absolute Gasteiger partial charge is 0.348 e. The summed E-state index contributed by atoms with van der Waals surface area (Å²) in [5.74, 6) is -1.11. The molecule has 26 heavy (non-hydrogen) atoms. The van der Waals surface area contributed by atoms with Gasteiger partial charge in [-0.3, -0.25) is 9.59 Å². The molecule has 0 heterocycles. The van der Waals surface area contributed by atoms with E-state index in [2.05, 4.69) is 10.6 Å². The lowest BCUT2D eigenvalue weighted by molar-refractivity contribution is 0.0952. The van der Waals surface area contributed by atoms with Gasteiger partial charge in [-0.25, -0.2) is 4.39 Å². The lowest BCUT2D eigenvalue weighted by Gasteiger charge is -2.11. The fourth-order valence-electron chi connectivity index (χ4n) is 2.46. The van der Waals surface area contributed by atoms with Gasteiger partial charge in [0.25, 0.3) is 11.8 Å². The van der Waals surface area contributed by atoms with Crippen LogP contribution in [0.1, 0.15) is 26.3 Å². The number of benzene rings is 3. The number of hydrogen-bond donors (Lipinski definition) is 2. The number of amides is 2. The highest BCUT2D eigenvalue weighted by molar-refractivity contribution is 6.08. The molecule has 0 aliphatic heterocycles. The summed E-state index contributed by atoms with van der Waals surface area (Å²) in [6.07, 6.45) is 0. The fraction of sp³-hybridized carbons (Fsp3) is 0.0476. The molecule has 0 aliphatic carbocycles. The topological polar surface area (TPSA) is 58.2 Å². The van der Waals surface area contributed by atoms with E-state index in [0.717, 1.165) is 5.56 Å². The van der Waals surface area contributed by atoms with Crippen LogP contribution < -0.4 is 10.6 Å². The predicted octanol–water partition coefficient (Wildman–Crippen LogP) is 4.01. The average molecular weight is 348 g/mol. The summed E-state index contributed by atoms with van der Waals surface area (Å²) in [5.41, 5.74) is 2.05. The lowest BCUT2D eigenvalue weighted by atomic mass is 10.1. The first-order valence-electron chi connectivity index (χ1n) is 8.11. The Morgan fingerprint density at radius 2 is 1.42 bits per heavy atom. The minimum absolute atomic E-state index is 0.288. The van der Waals surface area contributed by atoms with Crippen molar-refractivity contribution in [3.63, 3.8) is 0 Å². The number of carbonyl (C=O) groups is 2. The molecule has 2 amide bonds. The van der Waals surface area contributed by atoms with Crippen LogP contribution in [0.25, 0.3) is 0 Å². The summed E-state index contributed by atoms with van der Waals surface area (Å²) in [5, 5.41) is 5.54. The van der Waals surface area contributed by atoms with Gasteiger partial charge in [0.05, 0.1) is 11.3 Å². The van der Waals surface area contributed by atoms with Crippen LogP contribution in [0.5, 0.6) is 0 Å². The summed E-state index contributed by atoms with van der Waals surface area (Å²) in [6, 6.07) is 21.5. The van der Waals surface area contributed by atoms with Crippen molar-refractivity contribution in [3.05, 3.63) is 101 Å². The number of carbonyl (C=O) groups excluding carboxylic acids is 2. The summed E-state index contributed by atoms with van der Waals surface area (Å²) in [6.45, 7) is 0.389. The van der Waals surface area contributed by atoms with Gasteiger partial charge in [-0.05, 0) is 42.0 Å². The van der Waals surface area contributed by atoms with E-state index in [9.17, 15) is 14.0 Å². The van der Waals surface area contributed by atoms with Crippen molar-refractivity contribution in [2.24, 2.45) is 0 Å². The highest BCUT2D eigenvalue weighted by atomic mass is 19.1. The van der Waals surface area contributed by atoms with Gasteiger partial charge in [0.2, 0.25) is 0 Å². The van der Waals surface area contributed by atoms with Gasteiger partial charge >= 0.3 is 0 Å². The van der Waals surface area contributed by atoms with Gasteiger partial charge in [-0.15, -0.1) is 0 Å². The van der Waals surface area contributed by atoms with Crippen LogP contribution in [-0.4, -0.2) is 11.8 Å². The molecule has 0 aromatic heterocycles. The van der Waals surface area contributed by atoms with E-state index in [-0.39, 0.29) is 5.91 Å². The second-order valence-corrected chi connectivity index (χ2v) is 5.67. The molecule has 0 fully saturated rings. The van der Waals surface area contributed by atoms with Crippen LogP contribution in [0.3, 0.4) is 0 Å². The minimum atomic E-state index is -0.415. The van der Waals surface area contributed by atoms with E-state index in [1.54, 1.807) is 24.3 Å². The molecule has 0 radical (unpaired) electrons. The Morgan fingerprint density at radius 1 is 0.769 bits per heavy atom. The van der Waals surface area contributed by atoms with Crippen molar-refractivity contribution in [2.75, 3.05) is 5.32 Å². The van der Waals surface area contributed by atoms with E-state index in [1.165, 1.54) is 24.3 Å². The molecule has 4 nitrogen and oxygen atoms in total. The monoisotopic (exact) mass is 348 g/mol. The molecular formula is C21H17FN2O2. The average Bonchev–Trinajstić information content (AvgIpc) is 2.68. The molecule has 3 rings (SSSR count). The van der Waals surface area contributed by atoms with E-state index < -0.39 is 11.7 Å². The fourth-order valence-corrected chi connectivity index (χ4v) is 2.46. The number of halogens is 1. The number of rotatable bonds is 5. The summed E-state index contributed by atoms with van der Waals surface area (Å²) >= 11 is 0. The lowest BCUT2D eigenvalue weighted by Crippen LogP contribution is -2.24. The zero-order valence-corrected chi connectivity index (χ0v) is 13.9. The second kappa shape index (κ2) is 8.07. The van der Waals surface area contributed by atoms with Crippen molar-refractivity contribution in [3.8, 4) is 0 Å². The highest BCUT2D eigenvalue weighted by Gasteiger charge is 2.14. The molecule has 2 N–H and O–H groups in total. The van der Waals surface area contributed by atoms with Crippen molar-refractivity contribution in [1.29, 1.82) is 0 Å². The Morgan fingerprint density at radius 3 is 2.15 bits per heavy atom. The van der Waals surface area contributed by atoms with Crippen LogP contribution in [-0.2, 0) is 6.54 Å². The molecule has 0 atom stereocenters. The molecule has 0 saturated heterocycles. The SMILES string of the molecule is O=C(Nc1ccccc1C(=O)NCc1ccccc1)c1ccc(F)cc1. The smallest absolute Gasteiger partial charge is 0.255 e. The first-order valence-corrected chi connectivity index (χ1v) is 8.11. The van der Waals surface area contributed by atoms with E-state index in [4.69, 9.17) is 0 Å². The molecule has 0 aliphatic rings. The third kappa shape index (κ3) is 4.33. The van der Waals surface area contributed by atoms with E-state index >= 15 is 0 Å². The van der Waals surface area contributed by atoms with Crippen LogP contribution in [0, 0.1) is 5.82 Å². The van der Waals surface area contributed by atoms with Crippen LogP contribution >= 0.6 is 0 Å². The standard InChI is InChI=1S/C21H17FN2O2/c22-17-12-10-16(11-13-17)20(25)24-19-9-5-4-8-18(19)21(26)23-14-15-6-2-1-3-7-15/h1-13H,14H2,(H,23,26)(H,24,25). The Bertz CT molecular complexity index is 909. The predicted molar refractivity (Wildman–Crippen MR) is 98.4 cm³/mol. The Labute approximate surface area is 150 Å². The van der Waals surface area contributed by atoms with Gasteiger partial charge in [-0.1, -0.05) is 42.5 Å². The minimum Gasteiger partial charge on any atom is -0.348 e. The van der Waals surface area contributed by atoms with Gasteiger partial charge < -0.3 is 10.6 Å². The van der Waals surface area contributed by atoms with E-state index in [1.807, 2.05) is 30.3 Å². The normalized spacial score (nSPS) is 10.2. The van der Waals surface area contributed by atoms with Crippen LogP contribution in [0.2, 0.25) is 0 Å². The quantitative estimate of drug-likeness (QED) is 0.732. The van der Waals surface area contributed by atoms with E-state index in [0.29, 0.717) is 23.4 Å². The second-order valence-electron chi connectivity index (χ2n) is 5.67. The molecule has 0 spiro atoms. The summed E-state index contributed by atoms with van der Waals surface area (Å²) in [4.78, 5) is 24.8. The first kappa shape index (κ1) is 17.4. The third-order valence-corrected chi connectivity index (χ3v) is 3.82. The van der Waals surface area contributed by atoms with Crippen molar-refractivity contribution in [1.82, 2.24) is 5.32 Å². The van der Waals surface area contributed by atoms with Crippen molar-refractivity contribution >= 4 is 17.5 Å². The maximum absolute atomic E-state index is 13.0. The van der Waals surface area contributed by atoms with Gasteiger partial charge in [0.1, 0.15) is 5.82 Å². The molecule has 0 saturated carbocycles. The highest BCUT2D eigenvalue weighted by Crippen LogP contribution is 2.17. The van der Waals surface area contributed by atoms with Crippen molar-refractivity contribution in [2.45, 2.75) is 6.54 Å². The number of anilines is 1. The number of hydrogen-bond acceptors (Lipinski definition) is 2. The molecule has 0 bridgehead atoms. The maximum atomic E-state index is 13.0. The van der Waals surface area contributed by atoms with Gasteiger partial charge in [0, 0.05) is 12.1 Å². The maximum Gasteiger partial charge on any atom is 0.255 e. The molecule has 3 aromatic rings. The Hall–Kier alpha value is -3.47.